The molecule has 0 spiro atoms. The van der Waals surface area contributed by atoms with Gasteiger partial charge in [-0.1, -0.05) is 47.1 Å². The fourth-order valence-corrected chi connectivity index (χ4v) is 2.37. The molecule has 4 nitrogen and oxygen atoms in total. The summed E-state index contributed by atoms with van der Waals surface area (Å²) in [4.78, 5) is 23.9. The first kappa shape index (κ1) is 17.2. The highest BCUT2D eigenvalue weighted by Gasteiger charge is 2.17. The monoisotopic (exact) mass is 374 g/mol. The van der Waals surface area contributed by atoms with Crippen LogP contribution < -0.4 is 10.6 Å². The van der Waals surface area contributed by atoms with Crippen LogP contribution in [0, 0.1) is 0 Å². The van der Waals surface area contributed by atoms with Crippen LogP contribution in [0.15, 0.2) is 53.0 Å². The first-order valence-corrected chi connectivity index (χ1v) is 8.25. The minimum Gasteiger partial charge on any atom is -0.341 e. The molecule has 0 aliphatic rings. The zero-order valence-electron chi connectivity index (χ0n) is 13.1. The van der Waals surface area contributed by atoms with E-state index in [0.717, 1.165) is 16.5 Å². The van der Waals surface area contributed by atoms with Crippen LogP contribution in [0.4, 0.5) is 5.69 Å². The summed E-state index contributed by atoms with van der Waals surface area (Å²) < 4.78 is 0.907. The smallest absolute Gasteiger partial charge is 0.313 e. The number of hydrogen-bond acceptors (Lipinski definition) is 2. The van der Waals surface area contributed by atoms with Gasteiger partial charge in [0.2, 0.25) is 0 Å². The zero-order chi connectivity index (χ0) is 16.8. The Morgan fingerprint density at radius 3 is 2.17 bits per heavy atom. The summed E-state index contributed by atoms with van der Waals surface area (Å²) in [5.74, 6) is -1.33. The van der Waals surface area contributed by atoms with E-state index in [4.69, 9.17) is 0 Å². The van der Waals surface area contributed by atoms with Crippen LogP contribution in [0.5, 0.6) is 0 Å². The van der Waals surface area contributed by atoms with Crippen molar-refractivity contribution in [2.75, 3.05) is 5.32 Å². The lowest BCUT2D eigenvalue weighted by atomic mass is 10.1. The normalized spacial score (nSPS) is 11.6. The highest BCUT2D eigenvalue weighted by atomic mass is 79.9. The second kappa shape index (κ2) is 7.92. The van der Waals surface area contributed by atoms with Gasteiger partial charge in [0.05, 0.1) is 6.04 Å². The Bertz CT molecular complexity index is 681. The van der Waals surface area contributed by atoms with Crippen molar-refractivity contribution in [2.45, 2.75) is 26.3 Å². The van der Waals surface area contributed by atoms with Crippen molar-refractivity contribution < 1.29 is 9.59 Å². The molecule has 0 bridgehead atoms. The summed E-state index contributed by atoms with van der Waals surface area (Å²) in [6, 6.07) is 14.8. The second-order valence-electron chi connectivity index (χ2n) is 5.25. The minimum atomic E-state index is -0.677. The Balaban J connectivity index is 1.94. The van der Waals surface area contributed by atoms with E-state index in [-0.39, 0.29) is 6.04 Å². The number of aryl methyl sites for hydroxylation is 1. The van der Waals surface area contributed by atoms with Crippen LogP contribution in [0.3, 0.4) is 0 Å². The van der Waals surface area contributed by atoms with Crippen LogP contribution in [0.25, 0.3) is 0 Å². The maximum absolute atomic E-state index is 12.0. The number of rotatable bonds is 4. The summed E-state index contributed by atoms with van der Waals surface area (Å²) in [5.41, 5.74) is 2.78. The SMILES string of the molecule is CCc1ccc(C(C)NC(=O)C(=O)Nc2ccc(Br)cc2)cc1. The fourth-order valence-electron chi connectivity index (χ4n) is 2.11. The standard InChI is InChI=1S/C18H19BrN2O2/c1-3-13-4-6-14(7-5-13)12(2)20-17(22)18(23)21-16-10-8-15(19)9-11-16/h4-12H,3H2,1-2H3,(H,20,22)(H,21,23). The highest BCUT2D eigenvalue weighted by Crippen LogP contribution is 2.15. The summed E-state index contributed by atoms with van der Waals surface area (Å²) >= 11 is 3.32. The van der Waals surface area contributed by atoms with Crippen LogP contribution >= 0.6 is 15.9 Å². The van der Waals surface area contributed by atoms with Gasteiger partial charge in [0.25, 0.3) is 0 Å². The average molecular weight is 375 g/mol. The van der Waals surface area contributed by atoms with Gasteiger partial charge in [-0.15, -0.1) is 0 Å². The Morgan fingerprint density at radius 1 is 1.00 bits per heavy atom. The molecule has 23 heavy (non-hydrogen) atoms. The topological polar surface area (TPSA) is 58.2 Å². The van der Waals surface area contributed by atoms with Gasteiger partial charge in [-0.2, -0.15) is 0 Å². The summed E-state index contributed by atoms with van der Waals surface area (Å²) in [6.45, 7) is 3.94. The van der Waals surface area contributed by atoms with Crippen molar-refractivity contribution >= 4 is 33.4 Å². The molecule has 2 N–H and O–H groups in total. The van der Waals surface area contributed by atoms with Crippen molar-refractivity contribution in [1.29, 1.82) is 0 Å². The maximum atomic E-state index is 12.0. The van der Waals surface area contributed by atoms with E-state index in [0.29, 0.717) is 5.69 Å². The first-order chi connectivity index (χ1) is 11.0. The number of nitrogens with one attached hydrogen (secondary N) is 2. The van der Waals surface area contributed by atoms with Crippen LogP contribution in [0.1, 0.15) is 31.0 Å². The van der Waals surface area contributed by atoms with Gasteiger partial charge in [-0.25, -0.2) is 0 Å². The molecule has 2 rings (SSSR count). The average Bonchev–Trinajstić information content (AvgIpc) is 2.56. The molecule has 0 aliphatic heterocycles. The van der Waals surface area contributed by atoms with Crippen molar-refractivity contribution in [3.63, 3.8) is 0 Å². The van der Waals surface area contributed by atoms with Gasteiger partial charge in [0.15, 0.2) is 0 Å². The Hall–Kier alpha value is -2.14. The van der Waals surface area contributed by atoms with E-state index < -0.39 is 11.8 Å². The number of carbonyl (C=O) groups excluding carboxylic acids is 2. The molecule has 0 saturated heterocycles. The number of carbonyl (C=O) groups is 2. The van der Waals surface area contributed by atoms with E-state index in [1.807, 2.05) is 31.2 Å². The lowest BCUT2D eigenvalue weighted by Gasteiger charge is -2.14. The van der Waals surface area contributed by atoms with Crippen molar-refractivity contribution in [3.8, 4) is 0 Å². The fraction of sp³-hybridized carbons (Fsp3) is 0.222. The third-order valence-corrected chi connectivity index (χ3v) is 4.07. The molecule has 0 aromatic heterocycles. The molecule has 0 aliphatic carbocycles. The summed E-state index contributed by atoms with van der Waals surface area (Å²) in [5, 5.41) is 5.28. The van der Waals surface area contributed by atoms with E-state index >= 15 is 0 Å². The Morgan fingerprint density at radius 2 is 1.61 bits per heavy atom. The molecule has 0 heterocycles. The summed E-state index contributed by atoms with van der Waals surface area (Å²) in [6.07, 6.45) is 0.969. The van der Waals surface area contributed by atoms with Crippen LogP contribution in [-0.4, -0.2) is 11.8 Å². The van der Waals surface area contributed by atoms with Gasteiger partial charge in [-0.3, -0.25) is 9.59 Å². The lowest BCUT2D eigenvalue weighted by molar-refractivity contribution is -0.136. The van der Waals surface area contributed by atoms with Crippen molar-refractivity contribution in [3.05, 3.63) is 64.1 Å². The minimum absolute atomic E-state index is 0.232. The Labute approximate surface area is 144 Å². The highest BCUT2D eigenvalue weighted by molar-refractivity contribution is 9.10. The van der Waals surface area contributed by atoms with Crippen LogP contribution in [0.2, 0.25) is 0 Å². The van der Waals surface area contributed by atoms with E-state index in [1.54, 1.807) is 24.3 Å². The van der Waals surface area contributed by atoms with Gasteiger partial charge < -0.3 is 10.6 Å². The van der Waals surface area contributed by atoms with Gasteiger partial charge >= 0.3 is 11.8 Å². The molecule has 120 valence electrons. The van der Waals surface area contributed by atoms with E-state index in [1.165, 1.54) is 5.56 Å². The molecule has 1 unspecified atom stereocenters. The number of hydrogen-bond donors (Lipinski definition) is 2. The molecular formula is C18H19BrN2O2. The molecule has 2 aromatic rings. The quantitative estimate of drug-likeness (QED) is 0.798. The number of anilines is 1. The largest absolute Gasteiger partial charge is 0.341 e. The molecule has 1 atom stereocenters. The third kappa shape index (κ3) is 4.93. The predicted octanol–water partition coefficient (Wildman–Crippen LogP) is 3.83. The van der Waals surface area contributed by atoms with Crippen molar-refractivity contribution in [1.82, 2.24) is 5.32 Å². The van der Waals surface area contributed by atoms with E-state index in [9.17, 15) is 9.59 Å². The van der Waals surface area contributed by atoms with Crippen LogP contribution in [-0.2, 0) is 16.0 Å². The second-order valence-corrected chi connectivity index (χ2v) is 6.17. The Kier molecular flexibility index (Phi) is 5.93. The molecule has 0 radical (unpaired) electrons. The first-order valence-electron chi connectivity index (χ1n) is 7.46. The van der Waals surface area contributed by atoms with Gasteiger partial charge in [-0.05, 0) is 48.7 Å². The maximum Gasteiger partial charge on any atom is 0.313 e. The number of benzene rings is 2. The number of halogens is 1. The molecule has 2 amide bonds. The van der Waals surface area contributed by atoms with Gasteiger partial charge in [0.1, 0.15) is 0 Å². The number of amides is 2. The van der Waals surface area contributed by atoms with Gasteiger partial charge in [0, 0.05) is 10.2 Å². The van der Waals surface area contributed by atoms with E-state index in [2.05, 4.69) is 33.5 Å². The molecule has 2 aromatic carbocycles. The molecule has 0 saturated carbocycles. The van der Waals surface area contributed by atoms with Crippen molar-refractivity contribution in [2.24, 2.45) is 0 Å². The summed E-state index contributed by atoms with van der Waals surface area (Å²) in [7, 11) is 0. The molecule has 0 fully saturated rings. The molecule has 5 heteroatoms. The third-order valence-electron chi connectivity index (χ3n) is 3.54. The predicted molar refractivity (Wildman–Crippen MR) is 95.1 cm³/mol. The molecular weight excluding hydrogens is 356 g/mol. The zero-order valence-corrected chi connectivity index (χ0v) is 14.7. The lowest BCUT2D eigenvalue weighted by Crippen LogP contribution is -2.36.